The van der Waals surface area contributed by atoms with Crippen LogP contribution in [-0.4, -0.2) is 26.2 Å². The molecule has 0 saturated carbocycles. The molecule has 1 atom stereocenters. The third-order valence-corrected chi connectivity index (χ3v) is 6.70. The SMILES string of the molecule is CC1=NN(/C(=N/c2nnc(C)s2)Nc2ccc(C)c(C)c2)C(c2ccc(F)c(C#N)c2)S1. The molecule has 162 valence electrons. The normalized spacial score (nSPS) is 16.1. The van der Waals surface area contributed by atoms with E-state index in [0.29, 0.717) is 11.1 Å². The third kappa shape index (κ3) is 4.64. The lowest BCUT2D eigenvalue weighted by Gasteiger charge is -2.25. The number of nitriles is 1. The maximum absolute atomic E-state index is 13.9. The summed E-state index contributed by atoms with van der Waals surface area (Å²) in [5.74, 6) is -0.0866. The largest absolute Gasteiger partial charge is 0.324 e. The topological polar surface area (TPSA) is 89.6 Å². The highest BCUT2D eigenvalue weighted by Crippen LogP contribution is 2.40. The first-order chi connectivity index (χ1) is 15.3. The van der Waals surface area contributed by atoms with Gasteiger partial charge < -0.3 is 5.32 Å². The van der Waals surface area contributed by atoms with Crippen molar-refractivity contribution in [3.8, 4) is 6.07 Å². The fourth-order valence-electron chi connectivity index (χ4n) is 3.10. The van der Waals surface area contributed by atoms with E-state index in [4.69, 9.17) is 4.99 Å². The molecule has 10 heteroatoms. The van der Waals surface area contributed by atoms with Crippen LogP contribution in [0.3, 0.4) is 0 Å². The predicted molar refractivity (Wildman–Crippen MR) is 128 cm³/mol. The molecule has 1 aliphatic rings. The first-order valence-electron chi connectivity index (χ1n) is 9.78. The monoisotopic (exact) mass is 465 g/mol. The molecule has 0 fully saturated rings. The first kappa shape index (κ1) is 21.9. The smallest absolute Gasteiger partial charge is 0.234 e. The van der Waals surface area contributed by atoms with Crippen LogP contribution in [0.15, 0.2) is 46.5 Å². The number of rotatable bonds is 3. The number of anilines is 1. The molecule has 32 heavy (non-hydrogen) atoms. The lowest BCUT2D eigenvalue weighted by Crippen LogP contribution is -2.32. The van der Waals surface area contributed by atoms with Crippen LogP contribution in [0.2, 0.25) is 0 Å². The van der Waals surface area contributed by atoms with Crippen molar-refractivity contribution in [2.24, 2.45) is 10.1 Å². The van der Waals surface area contributed by atoms with Gasteiger partial charge in [-0.25, -0.2) is 9.40 Å². The molecule has 1 unspecified atom stereocenters. The number of hydrazone groups is 1. The fourth-order valence-corrected chi connectivity index (χ4v) is 4.64. The minimum Gasteiger partial charge on any atom is -0.324 e. The summed E-state index contributed by atoms with van der Waals surface area (Å²) in [5, 5.41) is 29.0. The first-order valence-corrected chi connectivity index (χ1v) is 11.5. The molecule has 1 aliphatic heterocycles. The summed E-state index contributed by atoms with van der Waals surface area (Å²) in [6.07, 6.45) is 0. The molecule has 0 spiro atoms. The molecule has 3 aromatic rings. The van der Waals surface area contributed by atoms with Crippen molar-refractivity contribution in [1.29, 1.82) is 5.26 Å². The highest BCUT2D eigenvalue weighted by atomic mass is 32.2. The lowest BCUT2D eigenvalue weighted by atomic mass is 10.1. The van der Waals surface area contributed by atoms with Crippen molar-refractivity contribution in [3.63, 3.8) is 0 Å². The number of aryl methyl sites for hydroxylation is 3. The van der Waals surface area contributed by atoms with Gasteiger partial charge >= 0.3 is 0 Å². The second-order valence-electron chi connectivity index (χ2n) is 7.25. The molecule has 1 aromatic heterocycles. The van der Waals surface area contributed by atoms with Crippen molar-refractivity contribution in [2.45, 2.75) is 33.1 Å². The van der Waals surface area contributed by atoms with Crippen molar-refractivity contribution >= 4 is 44.9 Å². The minimum absolute atomic E-state index is 0.00652. The van der Waals surface area contributed by atoms with Gasteiger partial charge in [-0.05, 0) is 68.7 Å². The van der Waals surface area contributed by atoms with Crippen LogP contribution < -0.4 is 5.32 Å². The molecule has 2 aromatic carbocycles. The summed E-state index contributed by atoms with van der Waals surface area (Å²) in [7, 11) is 0. The molecule has 2 heterocycles. The quantitative estimate of drug-likeness (QED) is 0.397. The van der Waals surface area contributed by atoms with E-state index in [1.54, 1.807) is 17.1 Å². The summed E-state index contributed by atoms with van der Waals surface area (Å²) in [6.45, 7) is 7.87. The van der Waals surface area contributed by atoms with E-state index in [-0.39, 0.29) is 10.9 Å². The Morgan fingerprint density at radius 1 is 1.12 bits per heavy atom. The maximum Gasteiger partial charge on any atom is 0.234 e. The van der Waals surface area contributed by atoms with E-state index in [9.17, 15) is 9.65 Å². The number of benzene rings is 2. The number of guanidine groups is 1. The van der Waals surface area contributed by atoms with Crippen molar-refractivity contribution in [2.75, 3.05) is 5.32 Å². The molecule has 0 bridgehead atoms. The highest BCUT2D eigenvalue weighted by Gasteiger charge is 2.32. The standard InChI is InChI=1S/C22H20FN7S2/c1-12-5-7-18(9-13(12)2)25-21(26-22-28-27-14(3)32-22)30-20(31-15(4)29-30)16-6-8-19(23)17(10-16)11-24/h5-10,20H,1-4H3,(H,25,26,28). The van der Waals surface area contributed by atoms with Gasteiger partial charge in [0.15, 0.2) is 0 Å². The number of aliphatic imine (C=N–C) groups is 1. The number of nitrogens with zero attached hydrogens (tertiary/aromatic N) is 6. The summed E-state index contributed by atoms with van der Waals surface area (Å²) >= 11 is 2.88. The Hall–Kier alpha value is -3.29. The molecular weight excluding hydrogens is 445 g/mol. The van der Waals surface area contributed by atoms with Crippen LogP contribution in [0.5, 0.6) is 0 Å². The predicted octanol–water partition coefficient (Wildman–Crippen LogP) is 5.65. The summed E-state index contributed by atoms with van der Waals surface area (Å²) in [6, 6.07) is 12.5. The summed E-state index contributed by atoms with van der Waals surface area (Å²) in [5.41, 5.74) is 3.93. The summed E-state index contributed by atoms with van der Waals surface area (Å²) in [4.78, 5) is 4.70. The molecule has 0 radical (unpaired) electrons. The number of halogens is 1. The van der Waals surface area contributed by atoms with E-state index < -0.39 is 5.82 Å². The molecular formula is C22H20FN7S2. The zero-order valence-electron chi connectivity index (χ0n) is 17.9. The van der Waals surface area contributed by atoms with E-state index >= 15 is 0 Å². The highest BCUT2D eigenvalue weighted by molar-refractivity contribution is 8.14. The van der Waals surface area contributed by atoms with Crippen LogP contribution >= 0.6 is 23.1 Å². The summed E-state index contributed by atoms with van der Waals surface area (Å²) < 4.78 is 13.9. The Morgan fingerprint density at radius 3 is 2.62 bits per heavy atom. The van der Waals surface area contributed by atoms with Crippen LogP contribution in [0.1, 0.15) is 39.6 Å². The van der Waals surface area contributed by atoms with E-state index in [1.165, 1.54) is 34.7 Å². The van der Waals surface area contributed by atoms with Crippen molar-refractivity contribution < 1.29 is 4.39 Å². The molecule has 1 N–H and O–H groups in total. The van der Waals surface area contributed by atoms with Gasteiger partial charge in [-0.3, -0.25) is 0 Å². The second kappa shape index (κ2) is 9.06. The van der Waals surface area contributed by atoms with Gasteiger partial charge in [0.2, 0.25) is 11.1 Å². The van der Waals surface area contributed by atoms with Crippen molar-refractivity contribution in [3.05, 3.63) is 69.5 Å². The number of hydrogen-bond donors (Lipinski definition) is 1. The molecule has 0 amide bonds. The van der Waals surface area contributed by atoms with Crippen LogP contribution in [0.25, 0.3) is 0 Å². The number of hydrogen-bond acceptors (Lipinski definition) is 7. The van der Waals surface area contributed by atoms with Crippen molar-refractivity contribution in [1.82, 2.24) is 15.2 Å². The van der Waals surface area contributed by atoms with Crippen LogP contribution in [0.4, 0.5) is 15.2 Å². The number of nitrogens with one attached hydrogen (secondary N) is 1. The minimum atomic E-state index is -0.546. The Kier molecular flexibility index (Phi) is 6.21. The van der Waals surface area contributed by atoms with Crippen LogP contribution in [0, 0.1) is 37.9 Å². The zero-order valence-corrected chi connectivity index (χ0v) is 19.6. The fraction of sp³-hybridized carbons (Fsp3) is 0.227. The van der Waals surface area contributed by atoms with E-state index in [2.05, 4.69) is 27.5 Å². The molecule has 7 nitrogen and oxygen atoms in total. The molecule has 0 aliphatic carbocycles. The Balaban J connectivity index is 1.76. The van der Waals surface area contributed by atoms with Gasteiger partial charge in [-0.1, -0.05) is 35.2 Å². The Bertz CT molecular complexity index is 1280. The maximum atomic E-state index is 13.9. The third-order valence-electron chi connectivity index (χ3n) is 4.85. The van der Waals surface area contributed by atoms with Gasteiger partial charge in [0.1, 0.15) is 22.3 Å². The molecule has 4 rings (SSSR count). The lowest BCUT2D eigenvalue weighted by molar-refractivity contribution is 0.437. The zero-order chi connectivity index (χ0) is 22.8. The van der Waals surface area contributed by atoms with E-state index in [0.717, 1.165) is 26.9 Å². The molecule has 0 saturated heterocycles. The second-order valence-corrected chi connectivity index (χ2v) is 9.68. The average molecular weight is 466 g/mol. The number of aromatic nitrogens is 2. The van der Waals surface area contributed by atoms with Gasteiger partial charge in [0, 0.05) is 5.69 Å². The number of thioether (sulfide) groups is 1. The van der Waals surface area contributed by atoms with Gasteiger partial charge in [0.25, 0.3) is 0 Å². The Labute approximate surface area is 193 Å². The van der Waals surface area contributed by atoms with Gasteiger partial charge in [-0.2, -0.15) is 15.4 Å². The van der Waals surface area contributed by atoms with Gasteiger partial charge in [-0.15, -0.1) is 10.2 Å². The van der Waals surface area contributed by atoms with Crippen LogP contribution in [-0.2, 0) is 0 Å². The van der Waals surface area contributed by atoms with E-state index in [1.807, 2.05) is 45.0 Å². The Morgan fingerprint density at radius 2 is 1.94 bits per heavy atom. The van der Waals surface area contributed by atoms with Gasteiger partial charge in [0.05, 0.1) is 10.6 Å². The average Bonchev–Trinajstić information content (AvgIpc) is 3.35.